The first-order chi connectivity index (χ1) is 10.0. The number of ether oxygens (including phenoxy) is 1. The molecule has 3 rings (SSSR count). The summed E-state index contributed by atoms with van der Waals surface area (Å²) in [6.07, 6.45) is 2.51. The summed E-state index contributed by atoms with van der Waals surface area (Å²) in [4.78, 5) is 25.7. The van der Waals surface area contributed by atoms with E-state index in [1.807, 2.05) is 32.1 Å². The normalized spacial score (nSPS) is 21.0. The molecule has 2 aliphatic rings. The van der Waals surface area contributed by atoms with Crippen molar-refractivity contribution in [2.45, 2.75) is 26.3 Å². The summed E-state index contributed by atoms with van der Waals surface area (Å²) < 4.78 is 5.33. The first-order valence-corrected chi connectivity index (χ1v) is 6.99. The first kappa shape index (κ1) is 13.7. The van der Waals surface area contributed by atoms with Crippen LogP contribution in [0.4, 0.5) is 0 Å². The molecule has 2 aliphatic heterocycles. The second-order valence-electron chi connectivity index (χ2n) is 5.39. The van der Waals surface area contributed by atoms with Gasteiger partial charge in [-0.3, -0.25) is 14.5 Å². The first-order valence-electron chi connectivity index (χ1n) is 6.99. The summed E-state index contributed by atoms with van der Waals surface area (Å²) in [6, 6.07) is 3.81. The van der Waals surface area contributed by atoms with Crippen molar-refractivity contribution in [1.82, 2.24) is 10.2 Å². The molecule has 2 amide bonds. The van der Waals surface area contributed by atoms with Gasteiger partial charge in [-0.05, 0) is 43.0 Å². The lowest BCUT2D eigenvalue weighted by Gasteiger charge is -2.32. The molecule has 0 aliphatic carbocycles. The quantitative estimate of drug-likeness (QED) is 0.898. The number of hydrogen-bond acceptors (Lipinski definition) is 3. The smallest absolute Gasteiger partial charge is 0.268 e. The molecule has 1 N–H and O–H groups in total. The monoisotopic (exact) mass is 286 g/mol. The van der Waals surface area contributed by atoms with Crippen LogP contribution in [0.1, 0.15) is 29.2 Å². The lowest BCUT2D eigenvalue weighted by atomic mass is 9.95. The molecule has 1 atom stereocenters. The molecule has 0 spiro atoms. The van der Waals surface area contributed by atoms with E-state index in [1.54, 1.807) is 12.0 Å². The highest BCUT2D eigenvalue weighted by molar-refractivity contribution is 6.03. The van der Waals surface area contributed by atoms with Gasteiger partial charge in [0.15, 0.2) is 0 Å². The number of nitrogens with zero attached hydrogens (tertiary/aromatic N) is 1. The minimum atomic E-state index is -0.167. The van der Waals surface area contributed by atoms with Crippen LogP contribution in [-0.2, 0) is 9.59 Å². The third kappa shape index (κ3) is 2.00. The van der Waals surface area contributed by atoms with Crippen molar-refractivity contribution >= 4 is 11.8 Å². The molecule has 0 aromatic heterocycles. The molecule has 1 aromatic carbocycles. The number of piperazine rings is 1. The van der Waals surface area contributed by atoms with E-state index in [1.165, 1.54) is 0 Å². The molecule has 0 bridgehead atoms. The Morgan fingerprint density at radius 2 is 2.00 bits per heavy atom. The fraction of sp³-hybridized carbons (Fsp3) is 0.375. The molecule has 1 saturated heterocycles. The number of amides is 2. The fourth-order valence-corrected chi connectivity index (χ4v) is 3.10. The highest BCUT2D eigenvalue weighted by Gasteiger charge is 2.39. The van der Waals surface area contributed by atoms with Crippen molar-refractivity contribution in [2.24, 2.45) is 0 Å². The zero-order valence-corrected chi connectivity index (χ0v) is 12.4. The minimum absolute atomic E-state index is 0.0591. The predicted octanol–water partition coefficient (Wildman–Crippen LogP) is 1.60. The maximum absolute atomic E-state index is 12.2. The summed E-state index contributed by atoms with van der Waals surface area (Å²) in [7, 11) is 1.65. The molecule has 110 valence electrons. The fourth-order valence-electron chi connectivity index (χ4n) is 3.10. The van der Waals surface area contributed by atoms with Crippen molar-refractivity contribution in [3.8, 4) is 5.75 Å². The van der Waals surface area contributed by atoms with Gasteiger partial charge in [0.1, 0.15) is 11.4 Å². The van der Waals surface area contributed by atoms with Gasteiger partial charge in [-0.15, -0.1) is 0 Å². The van der Waals surface area contributed by atoms with Gasteiger partial charge >= 0.3 is 0 Å². The zero-order chi connectivity index (χ0) is 15.1. The second-order valence-corrected chi connectivity index (χ2v) is 5.39. The van der Waals surface area contributed by atoms with Crippen molar-refractivity contribution in [1.29, 1.82) is 0 Å². The number of benzene rings is 1. The van der Waals surface area contributed by atoms with Crippen LogP contribution < -0.4 is 10.1 Å². The Morgan fingerprint density at radius 1 is 1.24 bits per heavy atom. The van der Waals surface area contributed by atoms with E-state index in [0.717, 1.165) is 22.4 Å². The highest BCUT2D eigenvalue weighted by Crippen LogP contribution is 2.39. The van der Waals surface area contributed by atoms with Gasteiger partial charge in [-0.1, -0.05) is 12.1 Å². The summed E-state index contributed by atoms with van der Waals surface area (Å²) >= 11 is 0. The summed E-state index contributed by atoms with van der Waals surface area (Å²) in [5, 5.41) is 2.60. The number of rotatable bonds is 2. The molecule has 5 nitrogen and oxygen atoms in total. The average molecular weight is 286 g/mol. The van der Waals surface area contributed by atoms with E-state index in [2.05, 4.69) is 5.32 Å². The number of carbonyl (C=O) groups excluding carboxylic acids is 2. The van der Waals surface area contributed by atoms with E-state index in [4.69, 9.17) is 4.74 Å². The summed E-state index contributed by atoms with van der Waals surface area (Å²) in [6.45, 7) is 4.10. The van der Waals surface area contributed by atoms with Crippen molar-refractivity contribution < 1.29 is 14.3 Å². The van der Waals surface area contributed by atoms with Gasteiger partial charge in [-0.25, -0.2) is 0 Å². The predicted molar refractivity (Wildman–Crippen MR) is 77.8 cm³/mol. The molecular formula is C16H18N2O3. The van der Waals surface area contributed by atoms with Gasteiger partial charge < -0.3 is 10.1 Å². The molecule has 2 heterocycles. The molecule has 0 saturated carbocycles. The Hall–Kier alpha value is -2.30. The third-order valence-electron chi connectivity index (χ3n) is 4.37. The molecule has 5 heteroatoms. The lowest BCUT2D eigenvalue weighted by molar-refractivity contribution is -0.137. The van der Waals surface area contributed by atoms with Gasteiger partial charge in [-0.2, -0.15) is 0 Å². The topological polar surface area (TPSA) is 58.6 Å². The Kier molecular flexibility index (Phi) is 3.20. The van der Waals surface area contributed by atoms with Crippen LogP contribution in [0.2, 0.25) is 0 Å². The molecule has 21 heavy (non-hydrogen) atoms. The summed E-state index contributed by atoms with van der Waals surface area (Å²) in [5.41, 5.74) is 3.72. The van der Waals surface area contributed by atoms with E-state index in [9.17, 15) is 9.59 Å². The van der Waals surface area contributed by atoms with Crippen LogP contribution in [0, 0.1) is 13.8 Å². The second kappa shape index (κ2) is 4.91. The van der Waals surface area contributed by atoms with Crippen LogP contribution in [-0.4, -0.2) is 30.4 Å². The number of hydrogen-bond donors (Lipinski definition) is 1. The van der Waals surface area contributed by atoms with Crippen LogP contribution in [0.3, 0.4) is 0 Å². The average Bonchev–Trinajstić information content (AvgIpc) is 2.92. The van der Waals surface area contributed by atoms with E-state index < -0.39 is 0 Å². The van der Waals surface area contributed by atoms with E-state index in [0.29, 0.717) is 12.1 Å². The molecule has 1 aromatic rings. The molecule has 0 radical (unpaired) electrons. The van der Waals surface area contributed by atoms with Crippen LogP contribution in [0.15, 0.2) is 23.9 Å². The van der Waals surface area contributed by atoms with E-state index >= 15 is 0 Å². The molecule has 1 unspecified atom stereocenters. The van der Waals surface area contributed by atoms with Crippen LogP contribution in [0.25, 0.3) is 0 Å². The maximum atomic E-state index is 12.2. The Balaban J connectivity index is 2.01. The molecule has 1 fully saturated rings. The lowest BCUT2D eigenvalue weighted by Crippen LogP contribution is -2.49. The maximum Gasteiger partial charge on any atom is 0.268 e. The van der Waals surface area contributed by atoms with Gasteiger partial charge in [0.25, 0.3) is 5.91 Å². The number of fused-ring (bicyclic) bond motifs is 1. The van der Waals surface area contributed by atoms with E-state index in [-0.39, 0.29) is 24.4 Å². The number of nitrogens with one attached hydrogen (secondary N) is 1. The van der Waals surface area contributed by atoms with Crippen molar-refractivity contribution in [3.63, 3.8) is 0 Å². The number of methoxy groups -OCH3 is 1. The van der Waals surface area contributed by atoms with Gasteiger partial charge in [0.2, 0.25) is 5.91 Å². The highest BCUT2D eigenvalue weighted by atomic mass is 16.5. The minimum Gasteiger partial charge on any atom is -0.496 e. The largest absolute Gasteiger partial charge is 0.496 e. The van der Waals surface area contributed by atoms with Gasteiger partial charge in [0.05, 0.1) is 19.7 Å². The summed E-state index contributed by atoms with van der Waals surface area (Å²) in [5.74, 6) is 0.612. The zero-order valence-electron chi connectivity index (χ0n) is 12.4. The third-order valence-corrected chi connectivity index (χ3v) is 4.37. The van der Waals surface area contributed by atoms with Crippen molar-refractivity contribution in [2.75, 3.05) is 13.7 Å². The van der Waals surface area contributed by atoms with Crippen LogP contribution in [0.5, 0.6) is 5.75 Å². The van der Waals surface area contributed by atoms with Crippen LogP contribution >= 0.6 is 0 Å². The SMILES string of the molecule is COc1ccc(C2CC=C3C(=O)NCC(=O)N32)c(C)c1C. The van der Waals surface area contributed by atoms with Crippen molar-refractivity contribution in [3.05, 3.63) is 40.6 Å². The Labute approximate surface area is 123 Å². The number of carbonyl (C=O) groups is 2. The van der Waals surface area contributed by atoms with Gasteiger partial charge in [0, 0.05) is 0 Å². The molecular weight excluding hydrogens is 268 g/mol. The standard InChI is InChI=1S/C16H18N2O3/c1-9-10(2)14(21-3)7-4-11(9)12-5-6-13-16(20)17-8-15(19)18(12)13/h4,6-7,12H,5,8H2,1-3H3,(H,17,20). The Morgan fingerprint density at radius 3 is 2.71 bits per heavy atom. The Bertz CT molecular complexity index is 664.